The minimum atomic E-state index is 0.571. The molecule has 0 amide bonds. The van der Waals surface area contributed by atoms with Crippen molar-refractivity contribution >= 4 is 11.9 Å². The van der Waals surface area contributed by atoms with Gasteiger partial charge in [0.25, 0.3) is 0 Å². The molecule has 0 saturated carbocycles. The lowest BCUT2D eigenvalue weighted by Gasteiger charge is -1.99. The summed E-state index contributed by atoms with van der Waals surface area (Å²) in [4.78, 5) is 4.39. The van der Waals surface area contributed by atoms with Gasteiger partial charge in [0.2, 0.25) is 0 Å². The van der Waals surface area contributed by atoms with Crippen molar-refractivity contribution < 1.29 is 0 Å². The van der Waals surface area contributed by atoms with Crippen molar-refractivity contribution in [2.45, 2.75) is 27.2 Å². The van der Waals surface area contributed by atoms with E-state index in [0.29, 0.717) is 5.92 Å². The van der Waals surface area contributed by atoms with Gasteiger partial charge in [-0.15, -0.1) is 0 Å². The van der Waals surface area contributed by atoms with E-state index in [9.17, 15) is 0 Å². The third-order valence-corrected chi connectivity index (χ3v) is 2.16. The van der Waals surface area contributed by atoms with E-state index in [2.05, 4.69) is 37.9 Å². The van der Waals surface area contributed by atoms with Crippen LogP contribution in [0.3, 0.4) is 0 Å². The molecule has 1 unspecified atom stereocenters. The van der Waals surface area contributed by atoms with Crippen LogP contribution in [0.1, 0.15) is 25.8 Å². The first-order valence-corrected chi connectivity index (χ1v) is 4.83. The molecule has 0 saturated heterocycles. The fraction of sp³-hybridized carbons (Fsp3) is 0.417. The molecule has 0 radical (unpaired) electrons. The number of aliphatic imine (C=N–C) groups is 1. The minimum absolute atomic E-state index is 0.571. The molecule has 0 aliphatic heterocycles. The number of hydrogen-bond donors (Lipinski definition) is 0. The third kappa shape index (κ3) is 3.41. The minimum Gasteiger partial charge on any atom is -0.261 e. The van der Waals surface area contributed by atoms with Gasteiger partial charge in [-0.3, -0.25) is 4.99 Å². The Hall–Kier alpha value is -1.11. The summed E-state index contributed by atoms with van der Waals surface area (Å²) >= 11 is 0. The van der Waals surface area contributed by atoms with Crippen LogP contribution < -0.4 is 0 Å². The summed E-state index contributed by atoms with van der Waals surface area (Å²) in [6.45, 7) is 6.44. The number of aryl methyl sites for hydroxylation is 1. The summed E-state index contributed by atoms with van der Waals surface area (Å²) in [5.41, 5.74) is 2.33. The van der Waals surface area contributed by atoms with E-state index in [1.54, 1.807) is 0 Å². The van der Waals surface area contributed by atoms with E-state index >= 15 is 0 Å². The van der Waals surface area contributed by atoms with Gasteiger partial charge < -0.3 is 0 Å². The number of benzene rings is 1. The molecular formula is C12H17N. The van der Waals surface area contributed by atoms with E-state index in [0.717, 1.165) is 12.1 Å². The summed E-state index contributed by atoms with van der Waals surface area (Å²) in [6, 6.07) is 8.27. The zero-order chi connectivity index (χ0) is 9.68. The second-order valence-electron chi connectivity index (χ2n) is 3.50. The van der Waals surface area contributed by atoms with Gasteiger partial charge in [0.15, 0.2) is 0 Å². The maximum atomic E-state index is 4.39. The molecule has 1 aromatic rings. The van der Waals surface area contributed by atoms with Crippen LogP contribution in [0.2, 0.25) is 0 Å². The Morgan fingerprint density at radius 1 is 1.31 bits per heavy atom. The first-order valence-electron chi connectivity index (χ1n) is 4.83. The molecule has 0 bridgehead atoms. The highest BCUT2D eigenvalue weighted by Crippen LogP contribution is 2.12. The molecule has 0 fully saturated rings. The van der Waals surface area contributed by atoms with E-state index in [4.69, 9.17) is 0 Å². The van der Waals surface area contributed by atoms with E-state index in [-0.39, 0.29) is 0 Å². The standard InChI is InChI=1S/C12H17N/c1-4-10(2)9-13-12-7-5-11(3)6-8-12/h5-10H,4H2,1-3H3/b13-9+. The highest BCUT2D eigenvalue weighted by molar-refractivity contribution is 5.65. The monoisotopic (exact) mass is 175 g/mol. The first kappa shape index (κ1) is 9.97. The van der Waals surface area contributed by atoms with Gasteiger partial charge in [0, 0.05) is 6.21 Å². The highest BCUT2D eigenvalue weighted by atomic mass is 14.7. The van der Waals surface area contributed by atoms with Crippen molar-refractivity contribution in [3.8, 4) is 0 Å². The molecule has 0 aromatic heterocycles. The van der Waals surface area contributed by atoms with Gasteiger partial charge in [-0.2, -0.15) is 0 Å². The van der Waals surface area contributed by atoms with Crippen molar-refractivity contribution in [3.05, 3.63) is 29.8 Å². The largest absolute Gasteiger partial charge is 0.261 e. The molecule has 1 heteroatoms. The summed E-state index contributed by atoms with van der Waals surface area (Å²) in [6.07, 6.45) is 3.17. The predicted octanol–water partition coefficient (Wildman–Crippen LogP) is 3.74. The van der Waals surface area contributed by atoms with Crippen molar-refractivity contribution in [2.24, 2.45) is 10.9 Å². The molecular weight excluding hydrogens is 158 g/mol. The van der Waals surface area contributed by atoms with Crippen molar-refractivity contribution in [2.75, 3.05) is 0 Å². The van der Waals surface area contributed by atoms with Gasteiger partial charge in [-0.1, -0.05) is 31.5 Å². The lowest BCUT2D eigenvalue weighted by molar-refractivity contribution is 0.755. The Balaban J connectivity index is 2.64. The van der Waals surface area contributed by atoms with Crippen LogP contribution in [0.5, 0.6) is 0 Å². The zero-order valence-corrected chi connectivity index (χ0v) is 8.62. The Morgan fingerprint density at radius 2 is 1.92 bits per heavy atom. The predicted molar refractivity (Wildman–Crippen MR) is 58.8 cm³/mol. The Morgan fingerprint density at radius 3 is 2.46 bits per heavy atom. The molecule has 0 aliphatic rings. The van der Waals surface area contributed by atoms with E-state index in [1.807, 2.05) is 18.3 Å². The van der Waals surface area contributed by atoms with Crippen LogP contribution in [-0.2, 0) is 0 Å². The lowest BCUT2D eigenvalue weighted by Crippen LogP contribution is -1.91. The van der Waals surface area contributed by atoms with Gasteiger partial charge in [0.05, 0.1) is 5.69 Å². The summed E-state index contributed by atoms with van der Waals surface area (Å²) in [7, 11) is 0. The second kappa shape index (κ2) is 4.80. The molecule has 1 nitrogen and oxygen atoms in total. The average Bonchev–Trinajstić information content (AvgIpc) is 2.16. The van der Waals surface area contributed by atoms with Gasteiger partial charge in [-0.25, -0.2) is 0 Å². The van der Waals surface area contributed by atoms with Crippen molar-refractivity contribution in [3.63, 3.8) is 0 Å². The molecule has 13 heavy (non-hydrogen) atoms. The average molecular weight is 175 g/mol. The maximum absolute atomic E-state index is 4.39. The van der Waals surface area contributed by atoms with E-state index < -0.39 is 0 Å². The molecule has 0 heterocycles. The Bertz CT molecular complexity index is 272. The molecule has 1 aromatic carbocycles. The summed E-state index contributed by atoms with van der Waals surface area (Å²) < 4.78 is 0. The Labute approximate surface area is 80.5 Å². The van der Waals surface area contributed by atoms with Gasteiger partial charge in [-0.05, 0) is 31.4 Å². The first-order chi connectivity index (χ1) is 6.22. The quantitative estimate of drug-likeness (QED) is 0.620. The topological polar surface area (TPSA) is 12.4 Å². The molecule has 1 rings (SSSR count). The third-order valence-electron chi connectivity index (χ3n) is 2.16. The van der Waals surface area contributed by atoms with Gasteiger partial charge in [0.1, 0.15) is 0 Å². The maximum Gasteiger partial charge on any atom is 0.0626 e. The molecule has 0 spiro atoms. The van der Waals surface area contributed by atoms with E-state index in [1.165, 1.54) is 5.56 Å². The number of nitrogens with zero attached hydrogens (tertiary/aromatic N) is 1. The molecule has 0 N–H and O–H groups in total. The van der Waals surface area contributed by atoms with Crippen LogP contribution in [0.25, 0.3) is 0 Å². The normalized spacial score (nSPS) is 13.5. The molecule has 70 valence electrons. The van der Waals surface area contributed by atoms with Crippen LogP contribution in [-0.4, -0.2) is 6.21 Å². The number of rotatable bonds is 3. The number of hydrogen-bond acceptors (Lipinski definition) is 1. The highest BCUT2D eigenvalue weighted by Gasteiger charge is 1.92. The van der Waals surface area contributed by atoms with Crippen LogP contribution in [0, 0.1) is 12.8 Å². The second-order valence-corrected chi connectivity index (χ2v) is 3.50. The fourth-order valence-corrected chi connectivity index (χ4v) is 0.950. The lowest BCUT2D eigenvalue weighted by atomic mass is 10.1. The zero-order valence-electron chi connectivity index (χ0n) is 8.62. The summed E-state index contributed by atoms with van der Waals surface area (Å²) in [5.74, 6) is 0.571. The fourth-order valence-electron chi connectivity index (χ4n) is 0.950. The summed E-state index contributed by atoms with van der Waals surface area (Å²) in [5, 5.41) is 0. The van der Waals surface area contributed by atoms with Crippen LogP contribution >= 0.6 is 0 Å². The smallest absolute Gasteiger partial charge is 0.0626 e. The van der Waals surface area contributed by atoms with Crippen molar-refractivity contribution in [1.82, 2.24) is 0 Å². The SMILES string of the molecule is CCC(C)/C=N/c1ccc(C)cc1. The molecule has 0 aliphatic carbocycles. The Kier molecular flexibility index (Phi) is 3.69. The van der Waals surface area contributed by atoms with Gasteiger partial charge >= 0.3 is 0 Å². The van der Waals surface area contributed by atoms with Crippen LogP contribution in [0.15, 0.2) is 29.3 Å². The molecule has 1 atom stereocenters. The van der Waals surface area contributed by atoms with Crippen LogP contribution in [0.4, 0.5) is 5.69 Å². The van der Waals surface area contributed by atoms with Crippen molar-refractivity contribution in [1.29, 1.82) is 0 Å².